The number of aryl methyl sites for hydroxylation is 2. The van der Waals surface area contributed by atoms with Crippen molar-refractivity contribution in [3.8, 4) is 0 Å². The number of halogens is 1. The molecule has 0 aliphatic carbocycles. The Morgan fingerprint density at radius 2 is 1.85 bits per heavy atom. The predicted molar refractivity (Wildman–Crippen MR) is 94.5 cm³/mol. The quantitative estimate of drug-likeness (QED) is 0.770. The smallest absolute Gasteiger partial charge is 0.243 e. The SMILES string of the molecule is CC(=O)c1c(C)nn(CC(=O)NCC(=O)Nc2cc(F)ccc2C)c1C. The molecule has 2 amide bonds. The second kappa shape index (κ2) is 7.90. The second-order valence-electron chi connectivity index (χ2n) is 6.04. The Morgan fingerprint density at radius 3 is 2.46 bits per heavy atom. The molecule has 0 aliphatic heterocycles. The van der Waals surface area contributed by atoms with Gasteiger partial charge in [0.2, 0.25) is 11.8 Å². The van der Waals surface area contributed by atoms with Crippen molar-refractivity contribution in [2.75, 3.05) is 11.9 Å². The largest absolute Gasteiger partial charge is 0.345 e. The molecule has 1 aromatic carbocycles. The molecule has 0 atom stereocenters. The van der Waals surface area contributed by atoms with Crippen LogP contribution in [0.3, 0.4) is 0 Å². The summed E-state index contributed by atoms with van der Waals surface area (Å²) in [5.41, 5.74) is 2.73. The topological polar surface area (TPSA) is 93.1 Å². The van der Waals surface area contributed by atoms with Gasteiger partial charge in [-0.05, 0) is 45.4 Å². The van der Waals surface area contributed by atoms with Crippen LogP contribution in [0.5, 0.6) is 0 Å². The molecule has 138 valence electrons. The van der Waals surface area contributed by atoms with Gasteiger partial charge in [-0.25, -0.2) is 4.39 Å². The van der Waals surface area contributed by atoms with E-state index in [1.165, 1.54) is 23.7 Å². The number of hydrogen-bond donors (Lipinski definition) is 2. The van der Waals surface area contributed by atoms with Crippen molar-refractivity contribution in [1.29, 1.82) is 0 Å². The fraction of sp³-hybridized carbons (Fsp3) is 0.333. The highest BCUT2D eigenvalue weighted by Gasteiger charge is 2.17. The van der Waals surface area contributed by atoms with Gasteiger partial charge in [0, 0.05) is 11.4 Å². The zero-order valence-corrected chi connectivity index (χ0v) is 15.1. The van der Waals surface area contributed by atoms with Crippen LogP contribution in [0.2, 0.25) is 0 Å². The highest BCUT2D eigenvalue weighted by molar-refractivity contribution is 5.96. The van der Waals surface area contributed by atoms with Crippen LogP contribution in [0.4, 0.5) is 10.1 Å². The summed E-state index contributed by atoms with van der Waals surface area (Å²) >= 11 is 0. The number of anilines is 1. The normalized spacial score (nSPS) is 10.5. The summed E-state index contributed by atoms with van der Waals surface area (Å²) in [7, 11) is 0. The van der Waals surface area contributed by atoms with Gasteiger partial charge in [0.05, 0.1) is 17.8 Å². The molecule has 2 aromatic rings. The average molecular weight is 360 g/mol. The van der Waals surface area contributed by atoms with Crippen LogP contribution in [0.25, 0.3) is 0 Å². The minimum Gasteiger partial charge on any atom is -0.345 e. The molecular formula is C18H21FN4O3. The molecular weight excluding hydrogens is 339 g/mol. The maximum atomic E-state index is 13.2. The fourth-order valence-corrected chi connectivity index (χ4v) is 2.65. The summed E-state index contributed by atoms with van der Waals surface area (Å²) in [6.45, 7) is 6.24. The number of benzene rings is 1. The van der Waals surface area contributed by atoms with Gasteiger partial charge in [0.1, 0.15) is 12.4 Å². The summed E-state index contributed by atoms with van der Waals surface area (Å²) < 4.78 is 14.7. The standard InChI is InChI=1S/C18H21FN4O3/c1-10-5-6-14(19)7-15(10)21-16(25)8-20-17(26)9-23-12(3)18(13(4)24)11(2)22-23/h5-7H,8-9H2,1-4H3,(H,20,26)(H,21,25). The molecule has 2 rings (SSSR count). The summed E-state index contributed by atoms with van der Waals surface area (Å²) in [6, 6.07) is 4.07. The third-order valence-electron chi connectivity index (χ3n) is 3.95. The van der Waals surface area contributed by atoms with Gasteiger partial charge in [-0.2, -0.15) is 5.10 Å². The second-order valence-corrected chi connectivity index (χ2v) is 6.04. The molecule has 1 aromatic heterocycles. The van der Waals surface area contributed by atoms with E-state index in [0.717, 1.165) is 0 Å². The van der Waals surface area contributed by atoms with E-state index in [4.69, 9.17) is 0 Å². The van der Waals surface area contributed by atoms with Crippen LogP contribution >= 0.6 is 0 Å². The lowest BCUT2D eigenvalue weighted by molar-refractivity contribution is -0.124. The Bertz CT molecular complexity index is 874. The number of carbonyl (C=O) groups is 3. The molecule has 0 aliphatic rings. The number of nitrogens with zero attached hydrogens (tertiary/aromatic N) is 2. The highest BCUT2D eigenvalue weighted by Crippen LogP contribution is 2.16. The summed E-state index contributed by atoms with van der Waals surface area (Å²) in [4.78, 5) is 35.6. The first-order valence-electron chi connectivity index (χ1n) is 8.06. The van der Waals surface area contributed by atoms with Crippen LogP contribution in [-0.2, 0) is 16.1 Å². The first-order chi connectivity index (χ1) is 12.2. The van der Waals surface area contributed by atoms with E-state index in [-0.39, 0.29) is 18.9 Å². The number of ketones is 1. The fourth-order valence-electron chi connectivity index (χ4n) is 2.65. The van der Waals surface area contributed by atoms with E-state index in [0.29, 0.717) is 28.2 Å². The van der Waals surface area contributed by atoms with E-state index in [9.17, 15) is 18.8 Å². The molecule has 26 heavy (non-hydrogen) atoms. The Balaban J connectivity index is 1.93. The molecule has 0 radical (unpaired) electrons. The maximum Gasteiger partial charge on any atom is 0.243 e. The van der Waals surface area contributed by atoms with Crippen LogP contribution in [0, 0.1) is 26.6 Å². The average Bonchev–Trinajstić information content (AvgIpc) is 2.83. The van der Waals surface area contributed by atoms with E-state index in [2.05, 4.69) is 15.7 Å². The number of carbonyl (C=O) groups excluding carboxylic acids is 3. The summed E-state index contributed by atoms with van der Waals surface area (Å²) in [5, 5.41) is 9.21. The van der Waals surface area contributed by atoms with E-state index < -0.39 is 17.6 Å². The van der Waals surface area contributed by atoms with Crippen LogP contribution < -0.4 is 10.6 Å². The molecule has 0 saturated heterocycles. The Kier molecular flexibility index (Phi) is 5.86. The van der Waals surface area contributed by atoms with Gasteiger partial charge in [-0.3, -0.25) is 19.1 Å². The molecule has 7 nitrogen and oxygen atoms in total. The summed E-state index contributed by atoms with van der Waals surface area (Å²) in [5.74, 6) is -1.46. The third-order valence-corrected chi connectivity index (χ3v) is 3.95. The molecule has 0 unspecified atom stereocenters. The monoisotopic (exact) mass is 360 g/mol. The van der Waals surface area contributed by atoms with E-state index >= 15 is 0 Å². The number of nitrogens with one attached hydrogen (secondary N) is 2. The molecule has 2 N–H and O–H groups in total. The summed E-state index contributed by atoms with van der Waals surface area (Å²) in [6.07, 6.45) is 0. The molecule has 0 bridgehead atoms. The van der Waals surface area contributed by atoms with Crippen molar-refractivity contribution in [2.24, 2.45) is 0 Å². The highest BCUT2D eigenvalue weighted by atomic mass is 19.1. The third kappa shape index (κ3) is 4.53. The number of amides is 2. The molecule has 1 heterocycles. The van der Waals surface area contributed by atoms with Crippen molar-refractivity contribution in [3.05, 3.63) is 46.5 Å². The van der Waals surface area contributed by atoms with Crippen molar-refractivity contribution < 1.29 is 18.8 Å². The van der Waals surface area contributed by atoms with Crippen LogP contribution in [0.1, 0.15) is 34.2 Å². The zero-order chi connectivity index (χ0) is 19.4. The lowest BCUT2D eigenvalue weighted by Crippen LogP contribution is -2.35. The number of hydrogen-bond acceptors (Lipinski definition) is 4. The number of aromatic nitrogens is 2. The van der Waals surface area contributed by atoms with Crippen molar-refractivity contribution in [1.82, 2.24) is 15.1 Å². The van der Waals surface area contributed by atoms with Gasteiger partial charge in [-0.15, -0.1) is 0 Å². The van der Waals surface area contributed by atoms with Crippen LogP contribution in [0.15, 0.2) is 18.2 Å². The molecule has 0 spiro atoms. The Labute approximate surface area is 150 Å². The minimum absolute atomic E-state index is 0.105. The van der Waals surface area contributed by atoms with Gasteiger partial charge in [-0.1, -0.05) is 6.07 Å². The van der Waals surface area contributed by atoms with Crippen LogP contribution in [-0.4, -0.2) is 33.9 Å². The van der Waals surface area contributed by atoms with Gasteiger partial charge >= 0.3 is 0 Å². The Morgan fingerprint density at radius 1 is 1.15 bits per heavy atom. The van der Waals surface area contributed by atoms with Gasteiger partial charge in [0.25, 0.3) is 0 Å². The first-order valence-corrected chi connectivity index (χ1v) is 8.06. The lowest BCUT2D eigenvalue weighted by atomic mass is 10.1. The van der Waals surface area contributed by atoms with Gasteiger partial charge in [0.15, 0.2) is 5.78 Å². The molecule has 8 heteroatoms. The van der Waals surface area contributed by atoms with Gasteiger partial charge < -0.3 is 10.6 Å². The van der Waals surface area contributed by atoms with E-state index in [1.807, 2.05) is 0 Å². The number of rotatable bonds is 6. The van der Waals surface area contributed by atoms with Crippen molar-refractivity contribution >= 4 is 23.3 Å². The lowest BCUT2D eigenvalue weighted by Gasteiger charge is -2.10. The number of Topliss-reactive ketones (excluding diaryl/α,β-unsaturated/α-hetero) is 1. The molecule has 0 saturated carbocycles. The molecule has 0 fully saturated rings. The predicted octanol–water partition coefficient (Wildman–Crippen LogP) is 1.90. The van der Waals surface area contributed by atoms with E-state index in [1.54, 1.807) is 26.8 Å². The minimum atomic E-state index is -0.468. The zero-order valence-electron chi connectivity index (χ0n) is 15.1. The maximum absolute atomic E-state index is 13.2. The van der Waals surface area contributed by atoms with Crippen molar-refractivity contribution in [2.45, 2.75) is 34.2 Å². The van der Waals surface area contributed by atoms with Crippen molar-refractivity contribution in [3.63, 3.8) is 0 Å². The first kappa shape index (κ1) is 19.3. The Hall–Kier alpha value is -3.03.